The van der Waals surface area contributed by atoms with Gasteiger partial charge in [-0.3, -0.25) is 10.1 Å². The maximum absolute atomic E-state index is 12.2. The molecular weight excluding hydrogens is 405 g/mol. The molecule has 0 bridgehead atoms. The number of halogens is 3. The van der Waals surface area contributed by atoms with E-state index in [1.807, 2.05) is 6.07 Å². The van der Waals surface area contributed by atoms with E-state index in [2.05, 4.69) is 31.4 Å². The lowest BCUT2D eigenvalue weighted by Gasteiger charge is -2.02. The zero-order chi connectivity index (χ0) is 16.4. The largest absolute Gasteiger partial charge is 0.403 e. The summed E-state index contributed by atoms with van der Waals surface area (Å²) in [7, 11) is 0. The van der Waals surface area contributed by atoms with Crippen LogP contribution < -0.4 is 5.32 Å². The minimum atomic E-state index is -0.366. The summed E-state index contributed by atoms with van der Waals surface area (Å²) in [5.74, 6) is -0.177. The van der Waals surface area contributed by atoms with Crippen molar-refractivity contribution in [3.05, 3.63) is 62.5 Å². The predicted molar refractivity (Wildman–Crippen MR) is 91.8 cm³/mol. The van der Waals surface area contributed by atoms with Gasteiger partial charge >= 0.3 is 6.01 Å². The Labute approximate surface area is 149 Å². The van der Waals surface area contributed by atoms with Crippen molar-refractivity contribution in [2.24, 2.45) is 0 Å². The molecule has 1 heterocycles. The number of anilines is 1. The molecule has 8 heteroatoms. The molecule has 0 saturated carbocycles. The molecular formula is C15H8BrCl2N3O2. The summed E-state index contributed by atoms with van der Waals surface area (Å²) in [6.07, 6.45) is 0. The number of carbonyl (C=O) groups excluding carboxylic acids is 1. The van der Waals surface area contributed by atoms with Gasteiger partial charge in [0.05, 0.1) is 16.1 Å². The summed E-state index contributed by atoms with van der Waals surface area (Å²) in [6.45, 7) is 0. The number of nitrogens with one attached hydrogen (secondary N) is 1. The maximum atomic E-state index is 12.2. The van der Waals surface area contributed by atoms with E-state index in [9.17, 15) is 4.79 Å². The number of hydrogen-bond donors (Lipinski definition) is 1. The van der Waals surface area contributed by atoms with Gasteiger partial charge in [-0.15, -0.1) is 5.10 Å². The van der Waals surface area contributed by atoms with Crippen LogP contribution in [0.4, 0.5) is 6.01 Å². The topological polar surface area (TPSA) is 68.0 Å². The number of rotatable bonds is 3. The summed E-state index contributed by atoms with van der Waals surface area (Å²) in [4.78, 5) is 12.2. The Bertz CT molecular complexity index is 883. The molecule has 0 unspecified atom stereocenters. The Kier molecular flexibility index (Phi) is 4.66. The van der Waals surface area contributed by atoms with E-state index in [1.54, 1.807) is 36.4 Å². The van der Waals surface area contributed by atoms with Crippen LogP contribution in [0.25, 0.3) is 11.5 Å². The van der Waals surface area contributed by atoms with Gasteiger partial charge < -0.3 is 4.42 Å². The number of hydrogen-bond acceptors (Lipinski definition) is 4. The van der Waals surface area contributed by atoms with Gasteiger partial charge in [0.15, 0.2) is 0 Å². The van der Waals surface area contributed by atoms with Gasteiger partial charge in [0.2, 0.25) is 0 Å². The number of amides is 1. The Morgan fingerprint density at radius 2 is 1.91 bits per heavy atom. The van der Waals surface area contributed by atoms with Gasteiger partial charge in [0.25, 0.3) is 11.8 Å². The minimum Gasteiger partial charge on any atom is -0.403 e. The molecule has 5 nitrogen and oxygen atoms in total. The molecule has 116 valence electrons. The fourth-order valence-electron chi connectivity index (χ4n) is 1.86. The van der Waals surface area contributed by atoms with Crippen molar-refractivity contribution in [1.29, 1.82) is 0 Å². The molecule has 23 heavy (non-hydrogen) atoms. The van der Waals surface area contributed by atoms with E-state index in [1.165, 1.54) is 0 Å². The number of carbonyl (C=O) groups is 1. The van der Waals surface area contributed by atoms with Crippen LogP contribution >= 0.6 is 39.1 Å². The highest BCUT2D eigenvalue weighted by Gasteiger charge is 2.16. The SMILES string of the molecule is O=C(Nc1nnc(-c2ccc(Cl)cc2Cl)o1)c1ccccc1Br. The van der Waals surface area contributed by atoms with Crippen molar-refractivity contribution >= 4 is 51.1 Å². The Hall–Kier alpha value is -1.89. The van der Waals surface area contributed by atoms with E-state index < -0.39 is 0 Å². The molecule has 3 aromatic rings. The van der Waals surface area contributed by atoms with Crippen LogP contribution in [0.1, 0.15) is 10.4 Å². The van der Waals surface area contributed by atoms with Crippen LogP contribution in [0.3, 0.4) is 0 Å². The summed E-state index contributed by atoms with van der Waals surface area (Å²) in [5.41, 5.74) is 0.988. The molecule has 3 rings (SSSR count). The van der Waals surface area contributed by atoms with Gasteiger partial charge in [-0.05, 0) is 46.3 Å². The molecule has 0 fully saturated rings. The molecule has 1 aromatic heterocycles. The molecule has 0 saturated heterocycles. The Morgan fingerprint density at radius 1 is 1.13 bits per heavy atom. The van der Waals surface area contributed by atoms with Gasteiger partial charge in [0.1, 0.15) is 0 Å². The lowest BCUT2D eigenvalue weighted by molar-refractivity contribution is 0.102. The van der Waals surface area contributed by atoms with Crippen LogP contribution in [0.2, 0.25) is 10.0 Å². The standard InChI is InChI=1S/C15H8BrCl2N3O2/c16-11-4-2-1-3-9(11)13(22)19-15-21-20-14(23-15)10-6-5-8(17)7-12(10)18/h1-7H,(H,19,21,22). The highest BCUT2D eigenvalue weighted by molar-refractivity contribution is 9.10. The van der Waals surface area contributed by atoms with Crippen molar-refractivity contribution in [3.8, 4) is 11.5 Å². The van der Waals surface area contributed by atoms with Crippen molar-refractivity contribution in [2.75, 3.05) is 5.32 Å². The summed E-state index contributed by atoms with van der Waals surface area (Å²) >= 11 is 15.2. The zero-order valence-electron chi connectivity index (χ0n) is 11.4. The van der Waals surface area contributed by atoms with E-state index in [0.29, 0.717) is 25.6 Å². The summed E-state index contributed by atoms with van der Waals surface area (Å²) < 4.78 is 6.09. The third-order valence-corrected chi connectivity index (χ3v) is 4.16. The molecule has 0 aliphatic rings. The monoisotopic (exact) mass is 411 g/mol. The van der Waals surface area contributed by atoms with Gasteiger partial charge in [-0.1, -0.05) is 40.4 Å². The van der Waals surface area contributed by atoms with Crippen LogP contribution in [0, 0.1) is 0 Å². The van der Waals surface area contributed by atoms with E-state index in [0.717, 1.165) is 0 Å². The molecule has 0 aliphatic carbocycles. The second-order valence-corrected chi connectivity index (χ2v) is 6.17. The molecule has 2 aromatic carbocycles. The van der Waals surface area contributed by atoms with Crippen LogP contribution in [-0.4, -0.2) is 16.1 Å². The predicted octanol–water partition coefficient (Wildman–Crippen LogP) is 5.06. The van der Waals surface area contributed by atoms with Gasteiger partial charge in [0, 0.05) is 9.50 Å². The first-order chi connectivity index (χ1) is 11.0. The first-order valence-electron chi connectivity index (χ1n) is 6.39. The smallest absolute Gasteiger partial charge is 0.322 e. The van der Waals surface area contributed by atoms with Gasteiger partial charge in [-0.2, -0.15) is 0 Å². The quantitative estimate of drug-likeness (QED) is 0.652. The maximum Gasteiger partial charge on any atom is 0.322 e. The average Bonchev–Trinajstić information content (AvgIpc) is 2.95. The first-order valence-corrected chi connectivity index (χ1v) is 7.94. The van der Waals surface area contributed by atoms with E-state index in [4.69, 9.17) is 27.6 Å². The second-order valence-electron chi connectivity index (χ2n) is 4.47. The fourth-order valence-corrected chi connectivity index (χ4v) is 2.81. The number of benzene rings is 2. The Morgan fingerprint density at radius 3 is 2.65 bits per heavy atom. The summed E-state index contributed by atoms with van der Waals surface area (Å²) in [6, 6.07) is 11.9. The number of aromatic nitrogens is 2. The van der Waals surface area contributed by atoms with Crippen molar-refractivity contribution in [1.82, 2.24) is 10.2 Å². The molecule has 0 aliphatic heterocycles. The van der Waals surface area contributed by atoms with Gasteiger partial charge in [-0.25, -0.2) is 0 Å². The first kappa shape index (κ1) is 16.0. The average molecular weight is 413 g/mol. The van der Waals surface area contributed by atoms with Crippen LogP contribution in [0.15, 0.2) is 51.4 Å². The zero-order valence-corrected chi connectivity index (χ0v) is 14.5. The third kappa shape index (κ3) is 3.55. The molecule has 1 N–H and O–H groups in total. The molecule has 0 radical (unpaired) electrons. The lowest BCUT2D eigenvalue weighted by atomic mass is 10.2. The van der Waals surface area contributed by atoms with Crippen LogP contribution in [0.5, 0.6) is 0 Å². The van der Waals surface area contributed by atoms with E-state index in [-0.39, 0.29) is 17.8 Å². The fraction of sp³-hybridized carbons (Fsp3) is 0. The van der Waals surface area contributed by atoms with Crippen molar-refractivity contribution in [2.45, 2.75) is 0 Å². The Balaban J connectivity index is 1.82. The lowest BCUT2D eigenvalue weighted by Crippen LogP contribution is -2.12. The molecule has 1 amide bonds. The normalized spacial score (nSPS) is 10.6. The second kappa shape index (κ2) is 6.70. The van der Waals surface area contributed by atoms with Crippen LogP contribution in [-0.2, 0) is 0 Å². The summed E-state index contributed by atoms with van der Waals surface area (Å²) in [5, 5.41) is 11.1. The van der Waals surface area contributed by atoms with Crippen molar-refractivity contribution < 1.29 is 9.21 Å². The molecule has 0 atom stereocenters. The molecule has 0 spiro atoms. The van der Waals surface area contributed by atoms with E-state index >= 15 is 0 Å². The number of nitrogens with zero attached hydrogens (tertiary/aromatic N) is 2. The van der Waals surface area contributed by atoms with Crippen molar-refractivity contribution in [3.63, 3.8) is 0 Å². The highest BCUT2D eigenvalue weighted by atomic mass is 79.9. The third-order valence-electron chi connectivity index (χ3n) is 2.93. The highest BCUT2D eigenvalue weighted by Crippen LogP contribution is 2.30. The minimum absolute atomic E-state index is 0.0215.